The highest BCUT2D eigenvalue weighted by atomic mass is 16.6. The first-order valence-electron chi connectivity index (χ1n) is 17.1. The molecule has 2 unspecified atom stereocenters. The molecule has 0 fully saturated rings. The second-order valence-electron chi connectivity index (χ2n) is 12.7. The maximum Gasteiger partial charge on any atom is 0.277 e. The maximum absolute atomic E-state index is 13.6. The first-order chi connectivity index (χ1) is 21.9. The van der Waals surface area contributed by atoms with E-state index in [0.29, 0.717) is 0 Å². The SMILES string of the molecule is CCCCCCCCCCCCCCCCC1CCc2ccc3ccccc3c2C1NC(=O)c1cc([N+](=O)[O-])cc([N+](=O)[O-])c1. The van der Waals surface area contributed by atoms with Crippen LogP contribution in [0.4, 0.5) is 11.4 Å². The molecule has 3 aromatic carbocycles. The molecule has 0 spiro atoms. The Balaban J connectivity index is 1.36. The summed E-state index contributed by atoms with van der Waals surface area (Å²) in [6.07, 6.45) is 21.1. The topological polar surface area (TPSA) is 115 Å². The number of unbranched alkanes of at least 4 members (excludes halogenated alkanes) is 13. The third-order valence-corrected chi connectivity index (χ3v) is 9.43. The number of hydrogen-bond acceptors (Lipinski definition) is 5. The molecular formula is C37H49N3O5. The number of nitro groups is 2. The quantitative estimate of drug-likeness (QED) is 0.0818. The van der Waals surface area contributed by atoms with E-state index in [1.54, 1.807) is 0 Å². The number of nitrogens with one attached hydrogen (secondary N) is 1. The molecule has 1 aliphatic carbocycles. The predicted octanol–water partition coefficient (Wildman–Crippen LogP) is 10.6. The third-order valence-electron chi connectivity index (χ3n) is 9.43. The van der Waals surface area contributed by atoms with Gasteiger partial charge in [-0.25, -0.2) is 0 Å². The van der Waals surface area contributed by atoms with E-state index in [1.165, 1.54) is 82.6 Å². The lowest BCUT2D eigenvalue weighted by Crippen LogP contribution is -2.36. The minimum Gasteiger partial charge on any atom is -0.345 e. The predicted molar refractivity (Wildman–Crippen MR) is 181 cm³/mol. The molecule has 4 rings (SSSR count). The minimum atomic E-state index is -0.703. The fraction of sp³-hybridized carbons (Fsp3) is 0.541. The Morgan fingerprint density at radius 1 is 0.756 bits per heavy atom. The summed E-state index contributed by atoms with van der Waals surface area (Å²) in [7, 11) is 0. The zero-order valence-electron chi connectivity index (χ0n) is 26.8. The highest BCUT2D eigenvalue weighted by molar-refractivity contribution is 5.96. The Morgan fingerprint density at radius 2 is 1.31 bits per heavy atom. The van der Waals surface area contributed by atoms with Gasteiger partial charge in [-0.15, -0.1) is 0 Å². The lowest BCUT2D eigenvalue weighted by molar-refractivity contribution is -0.394. The summed E-state index contributed by atoms with van der Waals surface area (Å²) in [6, 6.07) is 15.3. The fourth-order valence-corrected chi connectivity index (χ4v) is 6.93. The molecule has 0 heterocycles. The van der Waals surface area contributed by atoms with Gasteiger partial charge < -0.3 is 5.32 Å². The van der Waals surface area contributed by atoms with Gasteiger partial charge in [0.25, 0.3) is 17.3 Å². The van der Waals surface area contributed by atoms with E-state index in [4.69, 9.17) is 0 Å². The number of hydrogen-bond donors (Lipinski definition) is 1. The molecule has 1 aliphatic rings. The zero-order chi connectivity index (χ0) is 32.0. The highest BCUT2D eigenvalue weighted by Crippen LogP contribution is 2.41. The molecule has 8 heteroatoms. The van der Waals surface area contributed by atoms with Crippen LogP contribution in [0.25, 0.3) is 10.8 Å². The molecule has 3 aromatic rings. The highest BCUT2D eigenvalue weighted by Gasteiger charge is 2.33. The summed E-state index contributed by atoms with van der Waals surface area (Å²) in [5.41, 5.74) is 1.29. The van der Waals surface area contributed by atoms with E-state index in [-0.39, 0.29) is 17.5 Å². The van der Waals surface area contributed by atoms with Crippen molar-refractivity contribution in [3.63, 3.8) is 0 Å². The monoisotopic (exact) mass is 615 g/mol. The molecule has 0 saturated carbocycles. The number of benzene rings is 3. The summed E-state index contributed by atoms with van der Waals surface area (Å²) in [5, 5.41) is 28.3. The van der Waals surface area contributed by atoms with Gasteiger partial charge in [0.15, 0.2) is 0 Å². The van der Waals surface area contributed by atoms with Crippen molar-refractivity contribution in [1.29, 1.82) is 0 Å². The van der Waals surface area contributed by atoms with Gasteiger partial charge in [-0.2, -0.15) is 0 Å². The van der Waals surface area contributed by atoms with E-state index in [1.807, 2.05) is 12.1 Å². The first-order valence-corrected chi connectivity index (χ1v) is 17.1. The molecule has 0 bridgehead atoms. The Labute approximate surface area is 267 Å². The van der Waals surface area contributed by atoms with Crippen molar-refractivity contribution in [2.45, 2.75) is 122 Å². The van der Waals surface area contributed by atoms with Crippen LogP contribution in [0.3, 0.4) is 0 Å². The number of nitro benzene ring substituents is 2. The van der Waals surface area contributed by atoms with Crippen molar-refractivity contribution in [3.05, 3.63) is 91.5 Å². The zero-order valence-corrected chi connectivity index (χ0v) is 26.8. The van der Waals surface area contributed by atoms with Crippen LogP contribution in [0.1, 0.15) is 137 Å². The number of carbonyl (C=O) groups is 1. The molecule has 1 N–H and O–H groups in total. The molecule has 8 nitrogen and oxygen atoms in total. The number of fused-ring (bicyclic) bond motifs is 3. The average molecular weight is 616 g/mol. The number of amides is 1. The lowest BCUT2D eigenvalue weighted by Gasteiger charge is -2.35. The molecule has 2 atom stereocenters. The molecule has 0 aromatic heterocycles. The van der Waals surface area contributed by atoms with Gasteiger partial charge in [0.1, 0.15) is 0 Å². The molecule has 0 saturated heterocycles. The summed E-state index contributed by atoms with van der Waals surface area (Å²) >= 11 is 0. The van der Waals surface area contributed by atoms with Crippen LogP contribution < -0.4 is 5.32 Å². The Hall–Kier alpha value is -3.81. The van der Waals surface area contributed by atoms with Gasteiger partial charge in [-0.1, -0.05) is 133 Å². The second kappa shape index (κ2) is 17.6. The largest absolute Gasteiger partial charge is 0.345 e. The molecule has 0 radical (unpaired) electrons. The molecule has 1 amide bonds. The van der Waals surface area contributed by atoms with Gasteiger partial charge in [-0.05, 0) is 47.1 Å². The van der Waals surface area contributed by atoms with Crippen LogP contribution in [0, 0.1) is 26.1 Å². The number of nitrogens with zero attached hydrogens (tertiary/aromatic N) is 2. The van der Waals surface area contributed by atoms with Crippen LogP contribution in [0.5, 0.6) is 0 Å². The van der Waals surface area contributed by atoms with Crippen molar-refractivity contribution in [2.75, 3.05) is 0 Å². The standard InChI is InChI=1S/C37H49N3O5/c1-2-3-4-5-6-7-8-9-10-11-12-13-14-15-19-30-24-23-29-22-21-28-18-16-17-20-34(28)35(29)36(30)38-37(41)31-25-32(39(42)43)27-33(26-31)40(44)45/h16-18,20-22,25-27,30,36H,2-15,19,23-24H2,1H3,(H,38,41). The normalized spacial score (nSPS) is 15.9. The van der Waals surface area contributed by atoms with Crippen LogP contribution in [-0.2, 0) is 6.42 Å². The van der Waals surface area contributed by atoms with Crippen molar-refractivity contribution in [2.24, 2.45) is 5.92 Å². The molecular weight excluding hydrogens is 566 g/mol. The van der Waals surface area contributed by atoms with E-state index >= 15 is 0 Å². The Bertz CT molecular complexity index is 1410. The van der Waals surface area contributed by atoms with Crippen molar-refractivity contribution in [1.82, 2.24) is 5.32 Å². The Kier molecular flexibility index (Phi) is 13.3. The van der Waals surface area contributed by atoms with Crippen molar-refractivity contribution >= 4 is 28.1 Å². The number of rotatable bonds is 19. The van der Waals surface area contributed by atoms with Crippen molar-refractivity contribution in [3.8, 4) is 0 Å². The van der Waals surface area contributed by atoms with E-state index in [9.17, 15) is 25.0 Å². The van der Waals surface area contributed by atoms with Crippen LogP contribution in [0.2, 0.25) is 0 Å². The van der Waals surface area contributed by atoms with Gasteiger partial charge in [0.05, 0.1) is 27.5 Å². The fourth-order valence-electron chi connectivity index (χ4n) is 6.93. The number of aryl methyl sites for hydroxylation is 1. The van der Waals surface area contributed by atoms with Gasteiger partial charge in [0.2, 0.25) is 0 Å². The van der Waals surface area contributed by atoms with Crippen molar-refractivity contribution < 1.29 is 14.6 Å². The van der Waals surface area contributed by atoms with Gasteiger partial charge >= 0.3 is 0 Å². The number of non-ortho nitro benzene ring substituents is 2. The summed E-state index contributed by atoms with van der Waals surface area (Å²) in [6.45, 7) is 2.26. The summed E-state index contributed by atoms with van der Waals surface area (Å²) < 4.78 is 0. The third kappa shape index (κ3) is 9.84. The van der Waals surface area contributed by atoms with Crippen LogP contribution in [0.15, 0.2) is 54.6 Å². The average Bonchev–Trinajstić information content (AvgIpc) is 3.05. The second-order valence-corrected chi connectivity index (χ2v) is 12.7. The van der Waals surface area contributed by atoms with Crippen LogP contribution >= 0.6 is 0 Å². The smallest absolute Gasteiger partial charge is 0.277 e. The first kappa shape index (κ1) is 34.1. The lowest BCUT2D eigenvalue weighted by atomic mass is 9.75. The summed E-state index contributed by atoms with van der Waals surface area (Å²) in [4.78, 5) is 35.1. The van der Waals surface area contributed by atoms with E-state index < -0.39 is 27.1 Å². The molecule has 0 aliphatic heterocycles. The Morgan fingerprint density at radius 3 is 1.89 bits per heavy atom. The van der Waals surface area contributed by atoms with E-state index in [0.717, 1.165) is 66.6 Å². The van der Waals surface area contributed by atoms with Gasteiger partial charge in [0, 0.05) is 12.1 Å². The van der Waals surface area contributed by atoms with Crippen LogP contribution in [-0.4, -0.2) is 15.8 Å². The molecule has 242 valence electrons. The number of carbonyl (C=O) groups excluding carboxylic acids is 1. The van der Waals surface area contributed by atoms with E-state index in [2.05, 4.69) is 36.5 Å². The maximum atomic E-state index is 13.6. The summed E-state index contributed by atoms with van der Waals surface area (Å²) in [5.74, 6) is -0.322. The minimum absolute atomic E-state index is 0.0708. The van der Waals surface area contributed by atoms with Gasteiger partial charge in [-0.3, -0.25) is 25.0 Å². The molecule has 45 heavy (non-hydrogen) atoms.